The molecule has 1 saturated heterocycles. The number of carbonyl (C=O) groups excluding carboxylic acids is 2. The van der Waals surface area contributed by atoms with Crippen LogP contribution < -0.4 is 9.80 Å². The largest absolute Gasteiger partial charge is 0.311 e. The van der Waals surface area contributed by atoms with Gasteiger partial charge in [0.25, 0.3) is 0 Å². The number of rotatable bonds is 4. The number of nitrogens with zero attached hydrogens (tertiary/aromatic N) is 3. The average molecular weight is 416 g/mol. The van der Waals surface area contributed by atoms with Crippen LogP contribution in [0.2, 0.25) is 0 Å². The molecule has 26 heavy (non-hydrogen) atoms. The summed E-state index contributed by atoms with van der Waals surface area (Å²) in [5, 5.41) is 0. The van der Waals surface area contributed by atoms with Crippen LogP contribution in [0.1, 0.15) is 24.5 Å². The summed E-state index contributed by atoms with van der Waals surface area (Å²) in [6.45, 7) is 6.88. The molecule has 0 aliphatic carbocycles. The predicted octanol–water partition coefficient (Wildman–Crippen LogP) is 3.87. The normalized spacial score (nSPS) is 16.8. The van der Waals surface area contributed by atoms with Crippen molar-refractivity contribution in [2.24, 2.45) is 5.92 Å². The first kappa shape index (κ1) is 18.6. The molecule has 2 aromatic rings. The highest BCUT2D eigenvalue weighted by Gasteiger charge is 2.38. The second kappa shape index (κ2) is 7.58. The van der Waals surface area contributed by atoms with Gasteiger partial charge in [0, 0.05) is 35.9 Å². The van der Waals surface area contributed by atoms with E-state index < -0.39 is 0 Å². The third kappa shape index (κ3) is 3.51. The van der Waals surface area contributed by atoms with E-state index in [1.54, 1.807) is 16.0 Å². The molecule has 136 valence electrons. The molecule has 0 saturated carbocycles. The van der Waals surface area contributed by atoms with Crippen molar-refractivity contribution in [2.45, 2.75) is 27.2 Å². The molecule has 1 unspecified atom stereocenters. The molecule has 0 N–H and O–H groups in total. The van der Waals surface area contributed by atoms with Gasteiger partial charge in [-0.2, -0.15) is 0 Å². The number of amides is 2. The molecule has 1 aliphatic rings. The van der Waals surface area contributed by atoms with Gasteiger partial charge < -0.3 is 4.90 Å². The third-order valence-corrected chi connectivity index (χ3v) is 5.38. The smallest absolute Gasteiger partial charge is 0.233 e. The van der Waals surface area contributed by atoms with Gasteiger partial charge in [-0.05, 0) is 66.0 Å². The first-order valence-corrected chi connectivity index (χ1v) is 9.51. The minimum atomic E-state index is -0.354. The summed E-state index contributed by atoms with van der Waals surface area (Å²) in [6, 6.07) is 9.59. The number of halogens is 1. The molecule has 0 radical (unpaired) electrons. The highest BCUT2D eigenvalue weighted by molar-refractivity contribution is 9.10. The highest BCUT2D eigenvalue weighted by atomic mass is 79.9. The maximum Gasteiger partial charge on any atom is 0.233 e. The van der Waals surface area contributed by atoms with Crippen molar-refractivity contribution in [3.05, 3.63) is 52.1 Å². The fraction of sp³-hybridized carbons (Fsp3) is 0.350. The molecule has 3 rings (SSSR count). The average Bonchev–Trinajstić information content (AvgIpc) is 3.01. The van der Waals surface area contributed by atoms with Crippen LogP contribution in [0.4, 0.5) is 11.5 Å². The van der Waals surface area contributed by atoms with Crippen molar-refractivity contribution >= 4 is 39.2 Å². The summed E-state index contributed by atoms with van der Waals surface area (Å²) < 4.78 is 0.863. The summed E-state index contributed by atoms with van der Waals surface area (Å²) in [4.78, 5) is 33.3. The number of carbonyl (C=O) groups is 2. The minimum Gasteiger partial charge on any atom is -0.311 e. The van der Waals surface area contributed by atoms with Gasteiger partial charge in [0.1, 0.15) is 5.82 Å². The van der Waals surface area contributed by atoms with Gasteiger partial charge in [-0.25, -0.2) is 4.98 Å². The maximum absolute atomic E-state index is 13.0. The zero-order valence-corrected chi connectivity index (χ0v) is 16.8. The second-order valence-electron chi connectivity index (χ2n) is 6.54. The van der Waals surface area contributed by atoms with Crippen LogP contribution in [0.25, 0.3) is 0 Å². The van der Waals surface area contributed by atoms with Crippen LogP contribution in [0.15, 0.2) is 41.0 Å². The molecule has 5 nitrogen and oxygen atoms in total. The summed E-state index contributed by atoms with van der Waals surface area (Å²) in [5.41, 5.74) is 3.12. The number of anilines is 2. The zero-order chi connectivity index (χ0) is 18.8. The van der Waals surface area contributed by atoms with E-state index in [1.165, 1.54) is 0 Å². The van der Waals surface area contributed by atoms with Crippen molar-refractivity contribution in [1.29, 1.82) is 0 Å². The molecule has 1 aromatic carbocycles. The Labute approximate surface area is 162 Å². The molecule has 1 aliphatic heterocycles. The Morgan fingerprint density at radius 3 is 2.73 bits per heavy atom. The minimum absolute atomic E-state index is 0.00290. The van der Waals surface area contributed by atoms with E-state index in [4.69, 9.17) is 0 Å². The third-order valence-electron chi connectivity index (χ3n) is 4.91. The van der Waals surface area contributed by atoms with Gasteiger partial charge in [-0.3, -0.25) is 14.5 Å². The van der Waals surface area contributed by atoms with Gasteiger partial charge in [-0.1, -0.05) is 12.1 Å². The van der Waals surface area contributed by atoms with Crippen LogP contribution in [0.5, 0.6) is 0 Å². The molecule has 0 bridgehead atoms. The topological polar surface area (TPSA) is 53.5 Å². The predicted molar refractivity (Wildman–Crippen MR) is 106 cm³/mol. The van der Waals surface area contributed by atoms with Crippen LogP contribution >= 0.6 is 15.9 Å². The van der Waals surface area contributed by atoms with Crippen molar-refractivity contribution in [1.82, 2.24) is 4.98 Å². The molecule has 2 heterocycles. The van der Waals surface area contributed by atoms with E-state index in [1.807, 2.05) is 51.1 Å². The van der Waals surface area contributed by atoms with Crippen LogP contribution in [0.3, 0.4) is 0 Å². The zero-order valence-electron chi connectivity index (χ0n) is 15.2. The molecular formula is C20H22BrN3O2. The SMILES string of the molecule is CCN(C(=O)C1CC(=O)N(c2cccc(C)c2C)C1)c1ccc(Br)cn1. The standard InChI is InChI=1S/C20H22BrN3O2/c1-4-23(18-9-8-16(21)11-22-18)20(26)15-10-19(25)24(12-15)17-7-5-6-13(2)14(17)3/h5-9,11,15H,4,10,12H2,1-3H3. The monoisotopic (exact) mass is 415 g/mol. The number of hydrogen-bond donors (Lipinski definition) is 0. The Kier molecular flexibility index (Phi) is 5.41. The van der Waals surface area contributed by atoms with Crippen molar-refractivity contribution < 1.29 is 9.59 Å². The van der Waals surface area contributed by atoms with E-state index >= 15 is 0 Å². The lowest BCUT2D eigenvalue weighted by molar-refractivity contribution is -0.124. The number of hydrogen-bond acceptors (Lipinski definition) is 3. The number of pyridine rings is 1. The van der Waals surface area contributed by atoms with Crippen molar-refractivity contribution in [2.75, 3.05) is 22.9 Å². The molecule has 1 aromatic heterocycles. The molecule has 1 atom stereocenters. The van der Waals surface area contributed by atoms with E-state index in [0.29, 0.717) is 18.9 Å². The first-order valence-electron chi connectivity index (χ1n) is 8.72. The fourth-order valence-electron chi connectivity index (χ4n) is 3.31. The van der Waals surface area contributed by atoms with Gasteiger partial charge >= 0.3 is 0 Å². The summed E-state index contributed by atoms with van der Waals surface area (Å²) in [5.74, 6) is 0.200. The lowest BCUT2D eigenvalue weighted by Crippen LogP contribution is -2.38. The summed E-state index contributed by atoms with van der Waals surface area (Å²) >= 11 is 3.36. The van der Waals surface area contributed by atoms with Gasteiger partial charge in [0.05, 0.1) is 5.92 Å². The molecular weight excluding hydrogens is 394 g/mol. The quantitative estimate of drug-likeness (QED) is 0.761. The van der Waals surface area contributed by atoms with Gasteiger partial charge in [0.15, 0.2) is 0 Å². The Hall–Kier alpha value is -2.21. The fourth-order valence-corrected chi connectivity index (χ4v) is 3.55. The Morgan fingerprint density at radius 2 is 2.08 bits per heavy atom. The Bertz CT molecular complexity index is 835. The van der Waals surface area contributed by atoms with E-state index in [-0.39, 0.29) is 24.2 Å². The second-order valence-corrected chi connectivity index (χ2v) is 7.46. The summed E-state index contributed by atoms with van der Waals surface area (Å²) in [6.07, 6.45) is 1.91. The maximum atomic E-state index is 13.0. The van der Waals surface area contributed by atoms with Crippen LogP contribution in [0, 0.1) is 19.8 Å². The Morgan fingerprint density at radius 1 is 1.31 bits per heavy atom. The number of benzene rings is 1. The van der Waals surface area contributed by atoms with E-state index in [0.717, 1.165) is 21.3 Å². The number of aromatic nitrogens is 1. The van der Waals surface area contributed by atoms with E-state index in [2.05, 4.69) is 20.9 Å². The van der Waals surface area contributed by atoms with Gasteiger partial charge in [0.2, 0.25) is 11.8 Å². The van der Waals surface area contributed by atoms with Crippen LogP contribution in [-0.4, -0.2) is 29.9 Å². The van der Waals surface area contributed by atoms with Crippen LogP contribution in [-0.2, 0) is 9.59 Å². The van der Waals surface area contributed by atoms with Gasteiger partial charge in [-0.15, -0.1) is 0 Å². The Balaban J connectivity index is 1.82. The lowest BCUT2D eigenvalue weighted by atomic mass is 10.1. The van der Waals surface area contributed by atoms with Crippen molar-refractivity contribution in [3.63, 3.8) is 0 Å². The number of aryl methyl sites for hydroxylation is 1. The first-order chi connectivity index (χ1) is 12.4. The molecule has 2 amide bonds. The molecule has 6 heteroatoms. The summed E-state index contributed by atoms with van der Waals surface area (Å²) in [7, 11) is 0. The van der Waals surface area contributed by atoms with Crippen molar-refractivity contribution in [3.8, 4) is 0 Å². The molecule has 0 spiro atoms. The van der Waals surface area contributed by atoms with E-state index in [9.17, 15) is 9.59 Å². The molecule has 1 fully saturated rings. The lowest BCUT2D eigenvalue weighted by Gasteiger charge is -2.24. The highest BCUT2D eigenvalue weighted by Crippen LogP contribution is 2.30.